The molecule has 0 bridgehead atoms. The summed E-state index contributed by atoms with van der Waals surface area (Å²) < 4.78 is 29.8. The highest BCUT2D eigenvalue weighted by Gasteiger charge is 2.18. The monoisotopic (exact) mass is 490 g/mol. The fraction of sp³-hybridized carbons (Fsp3) is 0.462. The van der Waals surface area contributed by atoms with Crippen LogP contribution < -0.4 is 10.1 Å². The number of carbonyl (C=O) groups excluding carboxylic acids is 1. The van der Waals surface area contributed by atoms with Crippen molar-refractivity contribution in [2.45, 2.75) is 39.2 Å². The van der Waals surface area contributed by atoms with Gasteiger partial charge in [-0.25, -0.2) is 14.0 Å². The van der Waals surface area contributed by atoms with E-state index in [1.54, 1.807) is 36.1 Å². The summed E-state index contributed by atoms with van der Waals surface area (Å²) in [6, 6.07) is 12.4. The van der Waals surface area contributed by atoms with Gasteiger partial charge in [0.2, 0.25) is 0 Å². The molecule has 0 spiro atoms. The molecule has 0 aliphatic heterocycles. The zero-order chi connectivity index (χ0) is 25.5. The van der Waals surface area contributed by atoms with Crippen LogP contribution in [0, 0.1) is 5.82 Å². The normalized spacial score (nSPS) is 11.6. The highest BCUT2D eigenvalue weighted by Crippen LogP contribution is 2.15. The minimum atomic E-state index is -0.996. The van der Waals surface area contributed by atoms with E-state index in [0.717, 1.165) is 18.4 Å². The van der Waals surface area contributed by atoms with Crippen molar-refractivity contribution >= 4 is 17.7 Å². The van der Waals surface area contributed by atoms with Crippen LogP contribution in [0.5, 0.6) is 5.75 Å². The van der Waals surface area contributed by atoms with E-state index in [1.807, 2.05) is 0 Å². The number of urea groups is 1. The Morgan fingerprint density at radius 3 is 2.31 bits per heavy atom. The lowest BCUT2D eigenvalue weighted by Gasteiger charge is -2.23. The van der Waals surface area contributed by atoms with Crippen LogP contribution in [0.15, 0.2) is 48.5 Å². The van der Waals surface area contributed by atoms with Gasteiger partial charge in [-0.15, -0.1) is 0 Å². The minimum absolute atomic E-state index is 0.252. The molecule has 2 rings (SSSR count). The van der Waals surface area contributed by atoms with E-state index in [4.69, 9.17) is 14.2 Å². The summed E-state index contributed by atoms with van der Waals surface area (Å²) in [4.78, 5) is 25.6. The molecule has 2 aromatic rings. The summed E-state index contributed by atoms with van der Waals surface area (Å²) in [7, 11) is 0. The van der Waals surface area contributed by atoms with E-state index < -0.39 is 12.1 Å². The Labute approximate surface area is 206 Å². The van der Waals surface area contributed by atoms with Gasteiger partial charge in [0, 0.05) is 31.9 Å². The fourth-order valence-corrected chi connectivity index (χ4v) is 3.20. The van der Waals surface area contributed by atoms with Crippen molar-refractivity contribution in [2.75, 3.05) is 44.8 Å². The Hall–Kier alpha value is -3.17. The maximum atomic E-state index is 13.1. The maximum absolute atomic E-state index is 13.1. The predicted molar refractivity (Wildman–Crippen MR) is 131 cm³/mol. The van der Waals surface area contributed by atoms with Crippen molar-refractivity contribution in [3.05, 3.63) is 59.9 Å². The summed E-state index contributed by atoms with van der Waals surface area (Å²) in [5, 5.41) is 12.0. The van der Waals surface area contributed by atoms with Crippen molar-refractivity contribution in [2.24, 2.45) is 0 Å². The van der Waals surface area contributed by atoms with Crippen LogP contribution in [0.4, 0.5) is 14.9 Å². The molecule has 8 nitrogen and oxygen atoms in total. The van der Waals surface area contributed by atoms with Gasteiger partial charge in [0.05, 0.1) is 13.2 Å². The molecule has 2 N–H and O–H groups in total. The van der Waals surface area contributed by atoms with E-state index >= 15 is 0 Å². The Morgan fingerprint density at radius 2 is 1.69 bits per heavy atom. The van der Waals surface area contributed by atoms with Crippen LogP contribution in [0.1, 0.15) is 32.3 Å². The van der Waals surface area contributed by atoms with E-state index in [0.29, 0.717) is 44.3 Å². The number of carbonyl (C=O) groups is 2. The van der Waals surface area contributed by atoms with Gasteiger partial charge in [0.15, 0.2) is 6.10 Å². The van der Waals surface area contributed by atoms with Gasteiger partial charge < -0.3 is 29.5 Å². The number of carboxylic acids is 1. The Kier molecular flexibility index (Phi) is 12.6. The number of ether oxygens (including phenoxy) is 3. The first-order valence-corrected chi connectivity index (χ1v) is 11.9. The highest BCUT2D eigenvalue weighted by molar-refractivity contribution is 5.89. The number of halogens is 1. The third-order valence-electron chi connectivity index (χ3n) is 5.15. The topological polar surface area (TPSA) is 97.3 Å². The molecule has 0 aromatic heterocycles. The molecule has 35 heavy (non-hydrogen) atoms. The van der Waals surface area contributed by atoms with Crippen molar-refractivity contribution < 1.29 is 33.3 Å². The molecule has 0 aliphatic rings. The number of unbranched alkanes of at least 4 members (excludes halogenated alkanes) is 1. The fourth-order valence-electron chi connectivity index (χ4n) is 3.20. The number of anilines is 1. The van der Waals surface area contributed by atoms with Gasteiger partial charge in [0.25, 0.3) is 0 Å². The zero-order valence-electron chi connectivity index (χ0n) is 20.4. The molecule has 0 aliphatic carbocycles. The minimum Gasteiger partial charge on any atom is -0.492 e. The second kappa shape index (κ2) is 15.7. The number of aliphatic carboxylic acids is 1. The third-order valence-corrected chi connectivity index (χ3v) is 5.15. The van der Waals surface area contributed by atoms with Crippen LogP contribution in [-0.2, 0) is 20.7 Å². The predicted octanol–water partition coefficient (Wildman–Crippen LogP) is 4.59. The average Bonchev–Trinajstić information content (AvgIpc) is 2.84. The van der Waals surface area contributed by atoms with Gasteiger partial charge in [-0.1, -0.05) is 25.5 Å². The van der Waals surface area contributed by atoms with Gasteiger partial charge in [-0.3, -0.25) is 0 Å². The molecule has 1 unspecified atom stereocenters. The number of nitrogens with zero attached hydrogens (tertiary/aromatic N) is 1. The third kappa shape index (κ3) is 10.7. The molecule has 2 aromatic carbocycles. The SMILES string of the molecule is CCCCOCCN(CCOc1ccc(CC(OCC)C(=O)O)cc1)C(=O)Nc1ccc(F)cc1. The maximum Gasteiger partial charge on any atom is 0.333 e. The van der Waals surface area contributed by atoms with Gasteiger partial charge >= 0.3 is 12.0 Å². The summed E-state index contributed by atoms with van der Waals surface area (Å²) in [5.41, 5.74) is 1.32. The number of hydrogen-bond acceptors (Lipinski definition) is 5. The quantitative estimate of drug-likeness (QED) is 0.334. The van der Waals surface area contributed by atoms with Crippen LogP contribution in [0.25, 0.3) is 0 Å². The molecular formula is C26H35FN2O6. The summed E-state index contributed by atoms with van der Waals surface area (Å²) in [6.07, 6.45) is 1.36. The number of nitrogens with one attached hydrogen (secondary N) is 1. The number of rotatable bonds is 16. The summed E-state index contributed by atoms with van der Waals surface area (Å²) in [5.74, 6) is -0.764. The first-order chi connectivity index (χ1) is 16.9. The van der Waals surface area contributed by atoms with Crippen molar-refractivity contribution in [1.82, 2.24) is 4.90 Å². The molecule has 0 radical (unpaired) electrons. The Bertz CT molecular complexity index is 892. The van der Waals surface area contributed by atoms with E-state index in [1.165, 1.54) is 24.3 Å². The number of amides is 2. The molecule has 2 amide bonds. The molecule has 0 heterocycles. The van der Waals surface area contributed by atoms with E-state index in [9.17, 15) is 19.1 Å². The number of benzene rings is 2. The van der Waals surface area contributed by atoms with Gasteiger partial charge in [0.1, 0.15) is 18.2 Å². The molecule has 9 heteroatoms. The lowest BCUT2D eigenvalue weighted by atomic mass is 10.1. The van der Waals surface area contributed by atoms with Crippen molar-refractivity contribution in [3.8, 4) is 5.75 Å². The largest absolute Gasteiger partial charge is 0.492 e. The van der Waals surface area contributed by atoms with Crippen LogP contribution in [0.2, 0.25) is 0 Å². The van der Waals surface area contributed by atoms with Crippen LogP contribution in [0.3, 0.4) is 0 Å². The molecule has 0 fully saturated rings. The van der Waals surface area contributed by atoms with Gasteiger partial charge in [-0.05, 0) is 55.3 Å². The molecular weight excluding hydrogens is 455 g/mol. The van der Waals surface area contributed by atoms with E-state index in [-0.39, 0.29) is 24.9 Å². The molecule has 0 saturated carbocycles. The summed E-state index contributed by atoms with van der Waals surface area (Å²) >= 11 is 0. The van der Waals surface area contributed by atoms with Crippen LogP contribution in [-0.4, -0.2) is 67.6 Å². The van der Waals surface area contributed by atoms with E-state index in [2.05, 4.69) is 12.2 Å². The second-order valence-corrected chi connectivity index (χ2v) is 7.87. The van der Waals surface area contributed by atoms with Crippen molar-refractivity contribution in [1.29, 1.82) is 0 Å². The van der Waals surface area contributed by atoms with Crippen LogP contribution >= 0.6 is 0 Å². The lowest BCUT2D eigenvalue weighted by Crippen LogP contribution is -2.40. The van der Waals surface area contributed by atoms with Gasteiger partial charge in [-0.2, -0.15) is 0 Å². The molecule has 1 atom stereocenters. The number of hydrogen-bond donors (Lipinski definition) is 2. The standard InChI is InChI=1S/C26H35FN2O6/c1-3-5-16-33-17-14-29(26(32)28-22-10-8-21(27)9-11-22)15-18-35-23-12-6-20(7-13-23)19-24(25(30)31)34-4-2/h6-13,24H,3-5,14-19H2,1-2H3,(H,28,32)(H,30,31). The van der Waals surface area contributed by atoms with Crippen molar-refractivity contribution in [3.63, 3.8) is 0 Å². The first-order valence-electron chi connectivity index (χ1n) is 11.9. The zero-order valence-corrected chi connectivity index (χ0v) is 20.4. The number of carboxylic acid groups (broad SMARTS) is 1. The smallest absolute Gasteiger partial charge is 0.333 e. The average molecular weight is 491 g/mol. The molecule has 192 valence electrons. The second-order valence-electron chi connectivity index (χ2n) is 7.87. The Morgan fingerprint density at radius 1 is 1.00 bits per heavy atom. The molecule has 0 saturated heterocycles. The highest BCUT2D eigenvalue weighted by atomic mass is 19.1. The Balaban J connectivity index is 1.89. The lowest BCUT2D eigenvalue weighted by molar-refractivity contribution is -0.149. The first kappa shape index (κ1) is 28.1. The summed E-state index contributed by atoms with van der Waals surface area (Å²) in [6.45, 7) is 6.15.